The van der Waals surface area contributed by atoms with E-state index in [2.05, 4.69) is 10.6 Å². The first-order chi connectivity index (χ1) is 7.47. The van der Waals surface area contributed by atoms with E-state index in [1.807, 2.05) is 6.92 Å². The molecule has 0 aliphatic rings. The lowest BCUT2D eigenvalue weighted by Gasteiger charge is -2.12. The molecule has 0 aromatic heterocycles. The van der Waals surface area contributed by atoms with Gasteiger partial charge in [-0.25, -0.2) is 0 Å². The normalized spacial score (nSPS) is 11.6. The van der Waals surface area contributed by atoms with Crippen molar-refractivity contribution in [3.63, 3.8) is 0 Å². The highest BCUT2D eigenvalue weighted by atomic mass is 16.4. The van der Waals surface area contributed by atoms with Gasteiger partial charge in [-0.15, -0.1) is 0 Å². The number of carboxylic acids is 1. The second-order valence-corrected chi connectivity index (χ2v) is 3.50. The fraction of sp³-hybridized carbons (Fsp3) is 0.700. The Labute approximate surface area is 94.4 Å². The zero-order valence-electron chi connectivity index (χ0n) is 9.58. The van der Waals surface area contributed by atoms with Gasteiger partial charge in [0.1, 0.15) is 12.6 Å². The van der Waals surface area contributed by atoms with Gasteiger partial charge in [-0.2, -0.15) is 0 Å². The van der Waals surface area contributed by atoms with E-state index in [1.54, 1.807) is 0 Å². The van der Waals surface area contributed by atoms with Crippen molar-refractivity contribution in [3.05, 3.63) is 0 Å². The molecule has 0 saturated carbocycles. The molecule has 1 atom stereocenters. The van der Waals surface area contributed by atoms with Crippen LogP contribution in [0.2, 0.25) is 0 Å². The first-order valence-corrected chi connectivity index (χ1v) is 5.26. The van der Waals surface area contributed by atoms with Crippen molar-refractivity contribution in [2.24, 2.45) is 0 Å². The van der Waals surface area contributed by atoms with Crippen LogP contribution in [0.5, 0.6) is 0 Å². The highest BCUT2D eigenvalue weighted by molar-refractivity contribution is 5.88. The van der Waals surface area contributed by atoms with Gasteiger partial charge in [0.25, 0.3) is 0 Å². The van der Waals surface area contributed by atoms with Crippen LogP contribution in [0.1, 0.15) is 33.1 Å². The Bertz CT molecular complexity index is 266. The van der Waals surface area contributed by atoms with Crippen molar-refractivity contribution in [2.45, 2.75) is 39.2 Å². The van der Waals surface area contributed by atoms with Gasteiger partial charge in [-0.3, -0.25) is 14.4 Å². The number of amides is 2. The van der Waals surface area contributed by atoms with Crippen LogP contribution in [-0.2, 0) is 14.4 Å². The molecule has 0 rings (SSSR count). The highest BCUT2D eigenvalue weighted by Gasteiger charge is 2.15. The molecule has 0 heterocycles. The molecule has 0 aromatic rings. The minimum atomic E-state index is -1.11. The first-order valence-electron chi connectivity index (χ1n) is 5.26. The van der Waals surface area contributed by atoms with Crippen LogP contribution >= 0.6 is 0 Å². The predicted octanol–water partition coefficient (Wildman–Crippen LogP) is -0.118. The average molecular weight is 230 g/mol. The molecule has 0 saturated heterocycles. The number of carbonyl (C=O) groups excluding carboxylic acids is 2. The summed E-state index contributed by atoms with van der Waals surface area (Å²) in [5.74, 6) is -1.80. The molecule has 0 aliphatic carbocycles. The summed E-state index contributed by atoms with van der Waals surface area (Å²) >= 11 is 0. The number of unbranched alkanes of at least 4 members (excludes halogenated alkanes) is 1. The lowest BCUT2D eigenvalue weighted by Crippen LogP contribution is -2.46. The van der Waals surface area contributed by atoms with Crippen LogP contribution in [0.15, 0.2) is 0 Å². The number of hydrogen-bond donors (Lipinski definition) is 3. The van der Waals surface area contributed by atoms with Crippen LogP contribution in [-0.4, -0.2) is 35.5 Å². The maximum Gasteiger partial charge on any atom is 0.322 e. The molecule has 0 fully saturated rings. The van der Waals surface area contributed by atoms with Crippen molar-refractivity contribution >= 4 is 17.8 Å². The number of carboxylic acid groups (broad SMARTS) is 1. The Balaban J connectivity index is 3.86. The summed E-state index contributed by atoms with van der Waals surface area (Å²) in [4.78, 5) is 32.7. The molecule has 6 heteroatoms. The van der Waals surface area contributed by atoms with Crippen LogP contribution in [0.25, 0.3) is 0 Å². The third-order valence-corrected chi connectivity index (χ3v) is 1.94. The van der Waals surface area contributed by atoms with Crippen LogP contribution in [0.4, 0.5) is 0 Å². The molecule has 0 spiro atoms. The summed E-state index contributed by atoms with van der Waals surface area (Å²) in [5, 5.41) is 13.0. The first kappa shape index (κ1) is 14.4. The molecule has 2 amide bonds. The van der Waals surface area contributed by atoms with Crippen molar-refractivity contribution in [3.8, 4) is 0 Å². The molecule has 92 valence electrons. The van der Waals surface area contributed by atoms with Crippen molar-refractivity contribution < 1.29 is 19.5 Å². The fourth-order valence-electron chi connectivity index (χ4n) is 1.03. The summed E-state index contributed by atoms with van der Waals surface area (Å²) in [6.45, 7) is 3.05. The Morgan fingerprint density at radius 1 is 1.31 bits per heavy atom. The summed E-state index contributed by atoms with van der Waals surface area (Å²) in [7, 11) is 0. The van der Waals surface area contributed by atoms with E-state index in [4.69, 9.17) is 5.11 Å². The Kier molecular flexibility index (Phi) is 6.91. The van der Waals surface area contributed by atoms with E-state index in [0.717, 1.165) is 12.8 Å². The van der Waals surface area contributed by atoms with E-state index < -0.39 is 24.5 Å². The van der Waals surface area contributed by atoms with Gasteiger partial charge < -0.3 is 15.7 Å². The zero-order valence-corrected chi connectivity index (χ0v) is 9.58. The van der Waals surface area contributed by atoms with E-state index >= 15 is 0 Å². The smallest absolute Gasteiger partial charge is 0.322 e. The van der Waals surface area contributed by atoms with Gasteiger partial charge in [-0.1, -0.05) is 13.3 Å². The second kappa shape index (κ2) is 7.67. The lowest BCUT2D eigenvalue weighted by molar-refractivity contribution is -0.138. The predicted molar refractivity (Wildman–Crippen MR) is 57.8 cm³/mol. The Hall–Kier alpha value is -1.59. The third kappa shape index (κ3) is 6.80. The summed E-state index contributed by atoms with van der Waals surface area (Å²) in [6, 6.07) is -0.705. The Morgan fingerprint density at radius 3 is 2.44 bits per heavy atom. The number of carbonyl (C=O) groups is 3. The average Bonchev–Trinajstić information content (AvgIpc) is 2.22. The quantitative estimate of drug-likeness (QED) is 0.568. The molecule has 6 nitrogen and oxygen atoms in total. The van der Waals surface area contributed by atoms with Gasteiger partial charge >= 0.3 is 5.97 Å². The number of aliphatic carboxylic acids is 1. The van der Waals surface area contributed by atoms with Crippen LogP contribution < -0.4 is 10.6 Å². The fourth-order valence-corrected chi connectivity index (χ4v) is 1.03. The summed E-state index contributed by atoms with van der Waals surface area (Å²) in [6.07, 6.45) is 2.06. The maximum atomic E-state index is 11.3. The molecular weight excluding hydrogens is 212 g/mol. The monoisotopic (exact) mass is 230 g/mol. The SMILES string of the molecule is CCCCC(=O)N[C@@H](C)C(=O)NCC(=O)O. The minimum absolute atomic E-state index is 0.195. The van der Waals surface area contributed by atoms with E-state index in [-0.39, 0.29) is 5.91 Å². The summed E-state index contributed by atoms with van der Waals surface area (Å²) < 4.78 is 0. The zero-order chi connectivity index (χ0) is 12.6. The van der Waals surface area contributed by atoms with Gasteiger partial charge in [0.05, 0.1) is 0 Å². The second-order valence-electron chi connectivity index (χ2n) is 3.50. The van der Waals surface area contributed by atoms with Gasteiger partial charge in [0.2, 0.25) is 11.8 Å². The van der Waals surface area contributed by atoms with Gasteiger partial charge in [0.15, 0.2) is 0 Å². The molecule has 0 radical (unpaired) electrons. The third-order valence-electron chi connectivity index (χ3n) is 1.94. The molecule has 0 unspecified atom stereocenters. The van der Waals surface area contributed by atoms with Crippen molar-refractivity contribution in [2.75, 3.05) is 6.54 Å². The molecular formula is C10H18N2O4. The number of hydrogen-bond acceptors (Lipinski definition) is 3. The summed E-state index contributed by atoms with van der Waals surface area (Å²) in [5.41, 5.74) is 0. The minimum Gasteiger partial charge on any atom is -0.480 e. The number of nitrogens with one attached hydrogen (secondary N) is 2. The van der Waals surface area contributed by atoms with Crippen LogP contribution in [0, 0.1) is 0 Å². The molecule has 0 bridgehead atoms. The van der Waals surface area contributed by atoms with Gasteiger partial charge in [0, 0.05) is 6.42 Å². The van der Waals surface area contributed by atoms with E-state index in [9.17, 15) is 14.4 Å². The van der Waals surface area contributed by atoms with Crippen molar-refractivity contribution in [1.29, 1.82) is 0 Å². The van der Waals surface area contributed by atoms with Crippen LogP contribution in [0.3, 0.4) is 0 Å². The number of rotatable bonds is 7. The largest absolute Gasteiger partial charge is 0.480 e. The highest BCUT2D eigenvalue weighted by Crippen LogP contribution is 1.94. The molecule has 0 aliphatic heterocycles. The topological polar surface area (TPSA) is 95.5 Å². The lowest BCUT2D eigenvalue weighted by atomic mass is 10.2. The maximum absolute atomic E-state index is 11.3. The van der Waals surface area contributed by atoms with Gasteiger partial charge in [-0.05, 0) is 13.3 Å². The Morgan fingerprint density at radius 2 is 1.94 bits per heavy atom. The molecule has 3 N–H and O–H groups in total. The standard InChI is InChI=1S/C10H18N2O4/c1-3-4-5-8(13)12-7(2)10(16)11-6-9(14)15/h7H,3-6H2,1-2H3,(H,11,16)(H,12,13)(H,14,15)/t7-/m0/s1. The van der Waals surface area contributed by atoms with E-state index in [0.29, 0.717) is 6.42 Å². The molecule has 16 heavy (non-hydrogen) atoms. The van der Waals surface area contributed by atoms with Crippen molar-refractivity contribution in [1.82, 2.24) is 10.6 Å². The molecule has 0 aromatic carbocycles. The van der Waals surface area contributed by atoms with E-state index in [1.165, 1.54) is 6.92 Å².